The lowest BCUT2D eigenvalue weighted by Crippen LogP contribution is -2.18. The van der Waals surface area contributed by atoms with Crippen molar-refractivity contribution in [2.45, 2.75) is 27.2 Å². The van der Waals surface area contributed by atoms with Crippen molar-refractivity contribution >= 4 is 0 Å². The van der Waals surface area contributed by atoms with Crippen molar-refractivity contribution in [2.75, 3.05) is 0 Å². The lowest BCUT2D eigenvalue weighted by Gasteiger charge is -2.26. The molecule has 0 aromatic carbocycles. The Labute approximate surface area is 75.7 Å². The van der Waals surface area contributed by atoms with Gasteiger partial charge in [0.1, 0.15) is 0 Å². The molecule has 0 heteroatoms. The zero-order chi connectivity index (χ0) is 8.97. The Kier molecular flexibility index (Phi) is 3.37. The van der Waals surface area contributed by atoms with E-state index in [2.05, 4.69) is 50.8 Å². The van der Waals surface area contributed by atoms with Crippen LogP contribution in [0.1, 0.15) is 27.2 Å². The largest absolute Gasteiger partial charge is 0.129 e. The highest BCUT2D eigenvalue weighted by molar-refractivity contribution is 5.03. The van der Waals surface area contributed by atoms with Gasteiger partial charge in [-0.2, -0.15) is 0 Å². The van der Waals surface area contributed by atoms with Gasteiger partial charge < -0.3 is 0 Å². The third-order valence-corrected chi connectivity index (χ3v) is 2.71. The van der Waals surface area contributed by atoms with Gasteiger partial charge in [0.25, 0.3) is 0 Å². The van der Waals surface area contributed by atoms with Gasteiger partial charge in [0, 0.05) is 0 Å². The molecule has 0 N–H and O–H groups in total. The lowest BCUT2D eigenvalue weighted by atomic mass is 9.78. The molecule has 0 amide bonds. The van der Waals surface area contributed by atoms with Crippen molar-refractivity contribution in [3.63, 3.8) is 0 Å². The van der Waals surface area contributed by atoms with Gasteiger partial charge in [-0.1, -0.05) is 26.0 Å². The van der Waals surface area contributed by atoms with E-state index in [1.165, 1.54) is 6.42 Å². The maximum Gasteiger partial charge on any atom is -0.0149 e. The van der Waals surface area contributed by atoms with Crippen LogP contribution in [0.4, 0.5) is 0 Å². The van der Waals surface area contributed by atoms with E-state index in [1.807, 2.05) is 0 Å². The summed E-state index contributed by atoms with van der Waals surface area (Å²) in [7, 11) is 0. The van der Waals surface area contributed by atoms with E-state index in [9.17, 15) is 0 Å². The molecule has 0 saturated carbocycles. The summed E-state index contributed by atoms with van der Waals surface area (Å²) in [6, 6.07) is 0. The van der Waals surface area contributed by atoms with Crippen molar-refractivity contribution < 1.29 is 0 Å². The molecule has 0 aliphatic heterocycles. The minimum atomic E-state index is 0.682. The predicted octanol–water partition coefficient (Wildman–Crippen LogP) is 3.57. The molecule has 0 radical (unpaired) electrons. The van der Waals surface area contributed by atoms with Crippen molar-refractivity contribution in [3.05, 3.63) is 30.0 Å². The highest BCUT2D eigenvalue weighted by atomic mass is 14.2. The Morgan fingerprint density at radius 3 is 2.33 bits per heavy atom. The Morgan fingerprint density at radius 1 is 1.25 bits per heavy atom. The average molecular weight is 162 g/mol. The summed E-state index contributed by atoms with van der Waals surface area (Å²) >= 11 is 0. The van der Waals surface area contributed by atoms with Crippen molar-refractivity contribution in [1.29, 1.82) is 0 Å². The zero-order valence-electron chi connectivity index (χ0n) is 8.25. The van der Waals surface area contributed by atoms with Crippen LogP contribution in [-0.4, -0.2) is 0 Å². The molecule has 0 saturated heterocycles. The molecule has 1 aliphatic carbocycles. The smallest absolute Gasteiger partial charge is 0.0149 e. The summed E-state index contributed by atoms with van der Waals surface area (Å²) in [6.45, 7) is 6.65. The second-order valence-electron chi connectivity index (χ2n) is 3.69. The lowest BCUT2D eigenvalue weighted by molar-refractivity contribution is 0.336. The second kappa shape index (κ2) is 4.33. The van der Waals surface area contributed by atoms with E-state index in [1.54, 1.807) is 0 Å². The Balaban J connectivity index is 2.59. The summed E-state index contributed by atoms with van der Waals surface area (Å²) in [5, 5.41) is 0. The van der Waals surface area contributed by atoms with E-state index in [0.717, 1.165) is 5.92 Å². The SMILES string of the molecule is C/C=C/CC1[C@H](C)C=C=C[C@@H]1C. The van der Waals surface area contributed by atoms with Gasteiger partial charge in [0.15, 0.2) is 0 Å². The summed E-state index contributed by atoms with van der Waals surface area (Å²) in [6.07, 6.45) is 9.99. The summed E-state index contributed by atoms with van der Waals surface area (Å²) in [5.74, 6) is 2.14. The molecular formula is C12H18. The first-order valence-electron chi connectivity index (χ1n) is 4.79. The fourth-order valence-corrected chi connectivity index (χ4v) is 1.81. The van der Waals surface area contributed by atoms with Crippen LogP contribution in [0, 0.1) is 17.8 Å². The van der Waals surface area contributed by atoms with Crippen LogP contribution in [0.15, 0.2) is 30.0 Å². The number of hydrogen-bond acceptors (Lipinski definition) is 0. The predicted molar refractivity (Wildman–Crippen MR) is 53.9 cm³/mol. The average Bonchev–Trinajstić information content (AvgIpc) is 2.04. The molecule has 0 aromatic rings. The number of rotatable bonds is 2. The van der Waals surface area contributed by atoms with Crippen LogP contribution in [0.2, 0.25) is 0 Å². The number of hydrogen-bond donors (Lipinski definition) is 0. The van der Waals surface area contributed by atoms with Gasteiger partial charge in [-0.25, -0.2) is 0 Å². The maximum atomic E-state index is 3.22. The molecule has 0 bridgehead atoms. The maximum absolute atomic E-state index is 3.22. The first kappa shape index (κ1) is 9.35. The Hall–Kier alpha value is -0.740. The second-order valence-corrected chi connectivity index (χ2v) is 3.69. The van der Waals surface area contributed by atoms with E-state index >= 15 is 0 Å². The van der Waals surface area contributed by atoms with Gasteiger partial charge in [-0.15, -0.1) is 5.73 Å². The normalized spacial score (nSPS) is 34.8. The van der Waals surface area contributed by atoms with E-state index in [-0.39, 0.29) is 0 Å². The molecule has 0 heterocycles. The molecule has 1 unspecified atom stereocenters. The van der Waals surface area contributed by atoms with Gasteiger partial charge in [0.2, 0.25) is 0 Å². The third-order valence-electron chi connectivity index (χ3n) is 2.71. The Morgan fingerprint density at radius 2 is 1.83 bits per heavy atom. The minimum absolute atomic E-state index is 0.682. The number of allylic oxidation sites excluding steroid dienone is 3. The molecule has 0 aromatic heterocycles. The van der Waals surface area contributed by atoms with Crippen molar-refractivity contribution in [1.82, 2.24) is 0 Å². The molecule has 0 spiro atoms. The van der Waals surface area contributed by atoms with Crippen LogP contribution in [-0.2, 0) is 0 Å². The van der Waals surface area contributed by atoms with E-state index in [0.29, 0.717) is 11.8 Å². The molecule has 0 nitrogen and oxygen atoms in total. The molecule has 1 rings (SSSR count). The standard InChI is InChI=1S/C12H18/c1-4-5-9-12-10(2)7-6-8-11(12)3/h4-5,7-8,10-12H,9H2,1-3H3/b5-4+/t10-,11+,12?. The molecule has 3 atom stereocenters. The van der Waals surface area contributed by atoms with Crippen LogP contribution in [0.5, 0.6) is 0 Å². The molecule has 66 valence electrons. The zero-order valence-corrected chi connectivity index (χ0v) is 8.25. The quantitative estimate of drug-likeness (QED) is 0.430. The minimum Gasteiger partial charge on any atom is -0.129 e. The molecule has 1 aliphatic rings. The first-order valence-corrected chi connectivity index (χ1v) is 4.79. The van der Waals surface area contributed by atoms with Gasteiger partial charge >= 0.3 is 0 Å². The van der Waals surface area contributed by atoms with E-state index < -0.39 is 0 Å². The third kappa shape index (κ3) is 2.12. The molecule has 12 heavy (non-hydrogen) atoms. The molecule has 0 fully saturated rings. The summed E-state index contributed by atoms with van der Waals surface area (Å²) in [4.78, 5) is 0. The molecular weight excluding hydrogens is 144 g/mol. The van der Waals surface area contributed by atoms with E-state index in [4.69, 9.17) is 0 Å². The van der Waals surface area contributed by atoms with Crippen LogP contribution >= 0.6 is 0 Å². The van der Waals surface area contributed by atoms with Crippen molar-refractivity contribution in [3.8, 4) is 0 Å². The van der Waals surface area contributed by atoms with Gasteiger partial charge in [0.05, 0.1) is 0 Å². The Bertz CT molecular complexity index is 202. The topological polar surface area (TPSA) is 0 Å². The van der Waals surface area contributed by atoms with Gasteiger partial charge in [-0.3, -0.25) is 0 Å². The fraction of sp³-hybridized carbons (Fsp3) is 0.583. The fourth-order valence-electron chi connectivity index (χ4n) is 1.81. The highest BCUT2D eigenvalue weighted by Crippen LogP contribution is 2.29. The van der Waals surface area contributed by atoms with Crippen LogP contribution in [0.3, 0.4) is 0 Å². The summed E-state index contributed by atoms with van der Waals surface area (Å²) in [5.41, 5.74) is 3.22. The van der Waals surface area contributed by atoms with Gasteiger partial charge in [-0.05, 0) is 43.3 Å². The highest BCUT2D eigenvalue weighted by Gasteiger charge is 2.20. The monoisotopic (exact) mass is 162 g/mol. The van der Waals surface area contributed by atoms with Crippen LogP contribution in [0.25, 0.3) is 0 Å². The summed E-state index contributed by atoms with van der Waals surface area (Å²) < 4.78 is 0. The van der Waals surface area contributed by atoms with Crippen LogP contribution < -0.4 is 0 Å². The van der Waals surface area contributed by atoms with Crippen molar-refractivity contribution in [2.24, 2.45) is 17.8 Å². The first-order chi connectivity index (χ1) is 5.75.